The van der Waals surface area contributed by atoms with Gasteiger partial charge >= 0.3 is 0 Å². The zero-order chi connectivity index (χ0) is 23.4. The van der Waals surface area contributed by atoms with Crippen molar-refractivity contribution in [1.82, 2.24) is 9.29 Å². The van der Waals surface area contributed by atoms with Crippen LogP contribution < -0.4 is 10.2 Å². The highest BCUT2D eigenvalue weighted by molar-refractivity contribution is 7.89. The van der Waals surface area contributed by atoms with Gasteiger partial charge in [-0.2, -0.15) is 4.31 Å². The van der Waals surface area contributed by atoms with E-state index >= 15 is 0 Å². The first-order valence-corrected chi connectivity index (χ1v) is 12.7. The summed E-state index contributed by atoms with van der Waals surface area (Å²) in [6.07, 6.45) is 2.02. The van der Waals surface area contributed by atoms with Crippen molar-refractivity contribution in [2.75, 3.05) is 49.6 Å². The van der Waals surface area contributed by atoms with Crippen molar-refractivity contribution < 1.29 is 17.9 Å². The minimum absolute atomic E-state index is 0.169. The Balaban J connectivity index is 1.63. The first kappa shape index (κ1) is 23.3. The number of rotatable bonds is 8. The number of sulfonamides is 1. The summed E-state index contributed by atoms with van der Waals surface area (Å²) in [5.41, 5.74) is 3.17. The number of anilines is 2. The molecule has 1 aliphatic rings. The molecule has 1 saturated heterocycles. The molecule has 2 heterocycles. The molecule has 8 nitrogen and oxygen atoms in total. The first-order valence-electron chi connectivity index (χ1n) is 11.3. The van der Waals surface area contributed by atoms with Gasteiger partial charge in [-0.3, -0.25) is 4.79 Å². The van der Waals surface area contributed by atoms with Gasteiger partial charge in [0.25, 0.3) is 0 Å². The van der Waals surface area contributed by atoms with Crippen molar-refractivity contribution in [3.05, 3.63) is 54.2 Å². The molecule has 0 radical (unpaired) electrons. The Labute approximate surface area is 194 Å². The van der Waals surface area contributed by atoms with Gasteiger partial charge in [0, 0.05) is 43.3 Å². The average Bonchev–Trinajstić information content (AvgIpc) is 3.24. The van der Waals surface area contributed by atoms with E-state index < -0.39 is 10.0 Å². The Morgan fingerprint density at radius 3 is 2.58 bits per heavy atom. The monoisotopic (exact) mass is 470 g/mol. The third-order valence-corrected chi connectivity index (χ3v) is 7.87. The number of hydrogen-bond acceptors (Lipinski definition) is 5. The molecule has 9 heteroatoms. The average molecular weight is 471 g/mol. The Kier molecular flexibility index (Phi) is 7.02. The van der Waals surface area contributed by atoms with E-state index in [0.717, 1.165) is 35.2 Å². The molecule has 0 unspecified atom stereocenters. The molecule has 0 spiro atoms. The molecule has 2 N–H and O–H groups in total. The van der Waals surface area contributed by atoms with Gasteiger partial charge in [0.15, 0.2) is 0 Å². The van der Waals surface area contributed by atoms with Gasteiger partial charge in [-0.05, 0) is 43.7 Å². The topological polar surface area (TPSA) is 94.7 Å². The molecule has 3 aromatic rings. The number of ether oxygens (including phenoxy) is 1. The maximum absolute atomic E-state index is 13.2. The fourth-order valence-electron chi connectivity index (χ4n) is 4.20. The third kappa shape index (κ3) is 4.90. The highest BCUT2D eigenvalue weighted by Gasteiger charge is 2.27. The van der Waals surface area contributed by atoms with Gasteiger partial charge in [-0.15, -0.1) is 0 Å². The molecule has 4 rings (SSSR count). The summed E-state index contributed by atoms with van der Waals surface area (Å²) in [7, 11) is -3.68. The lowest BCUT2D eigenvalue weighted by Gasteiger charge is -2.28. The zero-order valence-electron chi connectivity index (χ0n) is 19.0. The zero-order valence-corrected chi connectivity index (χ0v) is 19.8. The molecule has 1 aromatic heterocycles. The van der Waals surface area contributed by atoms with Crippen LogP contribution in [0, 0.1) is 0 Å². The first-order chi connectivity index (χ1) is 15.9. The number of aromatic nitrogens is 1. The molecular formula is C24H30N4O4S. The van der Waals surface area contributed by atoms with E-state index in [0.29, 0.717) is 32.0 Å². The number of aromatic amines is 1. The maximum atomic E-state index is 13.2. The number of amides is 1. The molecule has 2 aromatic carbocycles. The van der Waals surface area contributed by atoms with E-state index in [1.54, 1.807) is 18.2 Å². The summed E-state index contributed by atoms with van der Waals surface area (Å²) >= 11 is 0. The summed E-state index contributed by atoms with van der Waals surface area (Å²) in [4.78, 5) is 18.5. The lowest BCUT2D eigenvalue weighted by atomic mass is 10.1. The van der Waals surface area contributed by atoms with E-state index in [1.165, 1.54) is 4.31 Å². The Morgan fingerprint density at radius 1 is 1.12 bits per heavy atom. The van der Waals surface area contributed by atoms with Crippen molar-refractivity contribution in [1.29, 1.82) is 0 Å². The fourth-order valence-corrected chi connectivity index (χ4v) is 5.63. The summed E-state index contributed by atoms with van der Waals surface area (Å²) in [5.74, 6) is -0.200. The van der Waals surface area contributed by atoms with Gasteiger partial charge < -0.3 is 19.9 Å². The van der Waals surface area contributed by atoms with Crippen molar-refractivity contribution in [2.24, 2.45) is 0 Å². The standard InChI is InChI=1S/C24H30N4O4S/c1-3-27(4-2)23-10-9-19(33(30,31)28-11-13-32-14-12-28)16-22(23)26-24(29)15-18-17-25-21-8-6-5-7-20(18)21/h5-10,16-17,25H,3-4,11-15H2,1-2H3,(H,26,29). The molecule has 33 heavy (non-hydrogen) atoms. The fraction of sp³-hybridized carbons (Fsp3) is 0.375. The SMILES string of the molecule is CCN(CC)c1ccc(S(=O)(=O)N2CCOCC2)cc1NC(=O)Cc1c[nH]c2ccccc12. The van der Waals surface area contributed by atoms with Crippen molar-refractivity contribution in [2.45, 2.75) is 25.2 Å². The summed E-state index contributed by atoms with van der Waals surface area (Å²) in [6, 6.07) is 12.8. The predicted octanol–water partition coefficient (Wildman–Crippen LogP) is 3.22. The Bertz CT molecular complexity index is 1230. The number of nitrogens with one attached hydrogen (secondary N) is 2. The van der Waals surface area contributed by atoms with Crippen LogP contribution >= 0.6 is 0 Å². The molecule has 176 valence electrons. The highest BCUT2D eigenvalue weighted by atomic mass is 32.2. The lowest BCUT2D eigenvalue weighted by Crippen LogP contribution is -2.40. The number of H-pyrrole nitrogens is 1. The maximum Gasteiger partial charge on any atom is 0.243 e. The van der Waals surface area contributed by atoms with E-state index in [4.69, 9.17) is 4.74 Å². The van der Waals surface area contributed by atoms with Crippen LogP contribution in [0.25, 0.3) is 10.9 Å². The van der Waals surface area contributed by atoms with Gasteiger partial charge in [0.1, 0.15) is 0 Å². The molecular weight excluding hydrogens is 440 g/mol. The molecule has 0 aliphatic carbocycles. The number of hydrogen-bond donors (Lipinski definition) is 2. The second-order valence-electron chi connectivity index (χ2n) is 7.95. The largest absolute Gasteiger partial charge is 0.379 e. The molecule has 0 atom stereocenters. The smallest absolute Gasteiger partial charge is 0.243 e. The number of carbonyl (C=O) groups is 1. The van der Waals surface area contributed by atoms with Gasteiger partial charge in [0.2, 0.25) is 15.9 Å². The molecule has 1 aliphatic heterocycles. The lowest BCUT2D eigenvalue weighted by molar-refractivity contribution is -0.115. The highest BCUT2D eigenvalue weighted by Crippen LogP contribution is 2.31. The Morgan fingerprint density at radius 2 is 1.85 bits per heavy atom. The van der Waals surface area contributed by atoms with Crippen LogP contribution in [0.2, 0.25) is 0 Å². The number of carbonyl (C=O) groups excluding carboxylic acids is 1. The van der Waals surface area contributed by atoms with Crippen molar-refractivity contribution >= 4 is 38.2 Å². The summed E-state index contributed by atoms with van der Waals surface area (Å²) in [5, 5.41) is 3.98. The van der Waals surface area contributed by atoms with Crippen LogP contribution in [0.5, 0.6) is 0 Å². The number of nitrogens with zero attached hydrogens (tertiary/aromatic N) is 2. The molecule has 0 saturated carbocycles. The van der Waals surface area contributed by atoms with Crippen LogP contribution in [0.15, 0.2) is 53.6 Å². The van der Waals surface area contributed by atoms with Gasteiger partial charge in [-0.25, -0.2) is 8.42 Å². The van der Waals surface area contributed by atoms with Crippen LogP contribution in [0.3, 0.4) is 0 Å². The van der Waals surface area contributed by atoms with E-state index in [2.05, 4.69) is 15.2 Å². The molecule has 1 fully saturated rings. The van der Waals surface area contributed by atoms with E-state index in [1.807, 2.05) is 44.3 Å². The van der Waals surface area contributed by atoms with Crippen LogP contribution in [0.4, 0.5) is 11.4 Å². The van der Waals surface area contributed by atoms with E-state index in [9.17, 15) is 13.2 Å². The number of benzene rings is 2. The van der Waals surface area contributed by atoms with Crippen LogP contribution in [-0.2, 0) is 26.0 Å². The molecule has 1 amide bonds. The summed E-state index contributed by atoms with van der Waals surface area (Å²) < 4.78 is 33.1. The minimum Gasteiger partial charge on any atom is -0.379 e. The van der Waals surface area contributed by atoms with Gasteiger partial charge in [-0.1, -0.05) is 18.2 Å². The quantitative estimate of drug-likeness (QED) is 0.527. The number of morpholine rings is 1. The van der Waals surface area contributed by atoms with Crippen molar-refractivity contribution in [3.63, 3.8) is 0 Å². The van der Waals surface area contributed by atoms with Gasteiger partial charge in [0.05, 0.1) is 35.9 Å². The predicted molar refractivity (Wildman–Crippen MR) is 130 cm³/mol. The van der Waals surface area contributed by atoms with Crippen LogP contribution in [0.1, 0.15) is 19.4 Å². The van der Waals surface area contributed by atoms with Crippen LogP contribution in [-0.4, -0.2) is 63.0 Å². The molecule has 0 bridgehead atoms. The Hall–Kier alpha value is -2.88. The van der Waals surface area contributed by atoms with Crippen molar-refractivity contribution in [3.8, 4) is 0 Å². The third-order valence-electron chi connectivity index (χ3n) is 5.98. The minimum atomic E-state index is -3.68. The normalized spacial score (nSPS) is 15.0. The number of fused-ring (bicyclic) bond motifs is 1. The second-order valence-corrected chi connectivity index (χ2v) is 9.89. The summed E-state index contributed by atoms with van der Waals surface area (Å²) in [6.45, 7) is 6.92. The second kappa shape index (κ2) is 9.94. The number of para-hydroxylation sites is 1. The van der Waals surface area contributed by atoms with E-state index in [-0.39, 0.29) is 17.2 Å².